The lowest BCUT2D eigenvalue weighted by Crippen LogP contribution is -2.25. The fourth-order valence-electron chi connectivity index (χ4n) is 2.40. The van der Waals surface area contributed by atoms with E-state index in [-0.39, 0.29) is 5.28 Å². The molecule has 24 heavy (non-hydrogen) atoms. The number of halogens is 1. The first-order chi connectivity index (χ1) is 11.7. The van der Waals surface area contributed by atoms with E-state index in [4.69, 9.17) is 11.6 Å². The second-order valence-corrected chi connectivity index (χ2v) is 5.64. The molecule has 0 bridgehead atoms. The summed E-state index contributed by atoms with van der Waals surface area (Å²) in [7, 11) is 1.76. The van der Waals surface area contributed by atoms with Gasteiger partial charge in [0.1, 0.15) is 0 Å². The van der Waals surface area contributed by atoms with Gasteiger partial charge in [-0.05, 0) is 22.7 Å². The molecule has 5 nitrogen and oxygen atoms in total. The van der Waals surface area contributed by atoms with E-state index in [0.717, 1.165) is 0 Å². The summed E-state index contributed by atoms with van der Waals surface area (Å²) >= 11 is 6.05. The molecule has 0 aliphatic heterocycles. The Morgan fingerprint density at radius 1 is 0.833 bits per heavy atom. The van der Waals surface area contributed by atoms with Gasteiger partial charge in [-0.25, -0.2) is 0 Å². The average Bonchev–Trinajstić information content (AvgIpc) is 2.62. The highest BCUT2D eigenvalue weighted by Gasteiger charge is 2.14. The number of aromatic nitrogens is 3. The quantitative estimate of drug-likeness (QED) is 0.740. The third-order valence-corrected chi connectivity index (χ3v) is 3.70. The first-order valence-electron chi connectivity index (χ1n) is 7.67. The maximum atomic E-state index is 6.05. The van der Waals surface area contributed by atoms with Crippen LogP contribution in [0.15, 0.2) is 60.7 Å². The molecule has 0 amide bonds. The molecule has 0 saturated carbocycles. The Morgan fingerprint density at radius 2 is 1.38 bits per heavy atom. The Morgan fingerprint density at radius 3 is 1.88 bits per heavy atom. The topological polar surface area (TPSA) is 53.9 Å². The highest BCUT2D eigenvalue weighted by Crippen LogP contribution is 2.19. The SMILES string of the molecule is CNc1nc(Cl)nc(N(Cc2ccccc2)Cc2ccccc2)n1. The largest absolute Gasteiger partial charge is 0.357 e. The van der Waals surface area contributed by atoms with Crippen LogP contribution in [0, 0.1) is 0 Å². The van der Waals surface area contributed by atoms with Gasteiger partial charge in [0.25, 0.3) is 0 Å². The Labute approximate surface area is 146 Å². The van der Waals surface area contributed by atoms with Gasteiger partial charge in [0.2, 0.25) is 17.2 Å². The number of anilines is 2. The van der Waals surface area contributed by atoms with Crippen molar-refractivity contribution in [3.8, 4) is 0 Å². The predicted octanol–water partition coefficient (Wildman–Crippen LogP) is 3.77. The summed E-state index contributed by atoms with van der Waals surface area (Å²) in [6.07, 6.45) is 0. The van der Waals surface area contributed by atoms with Gasteiger partial charge in [-0.3, -0.25) is 0 Å². The number of nitrogens with one attached hydrogen (secondary N) is 1. The summed E-state index contributed by atoms with van der Waals surface area (Å²) in [6.45, 7) is 1.36. The molecule has 6 heteroatoms. The molecule has 122 valence electrons. The zero-order valence-electron chi connectivity index (χ0n) is 13.4. The molecule has 0 fully saturated rings. The third kappa shape index (κ3) is 4.20. The lowest BCUT2D eigenvalue weighted by atomic mass is 10.2. The van der Waals surface area contributed by atoms with E-state index in [1.165, 1.54) is 11.1 Å². The van der Waals surface area contributed by atoms with E-state index in [1.807, 2.05) is 36.4 Å². The molecule has 0 aliphatic rings. The molecule has 1 heterocycles. The van der Waals surface area contributed by atoms with Crippen LogP contribution >= 0.6 is 11.6 Å². The van der Waals surface area contributed by atoms with E-state index in [0.29, 0.717) is 25.0 Å². The summed E-state index contributed by atoms with van der Waals surface area (Å²) in [5.41, 5.74) is 2.35. The first kappa shape index (κ1) is 16.2. The van der Waals surface area contributed by atoms with E-state index >= 15 is 0 Å². The Hall–Kier alpha value is -2.66. The van der Waals surface area contributed by atoms with Crippen molar-refractivity contribution in [1.82, 2.24) is 15.0 Å². The number of rotatable bonds is 6. The van der Waals surface area contributed by atoms with E-state index in [2.05, 4.69) is 49.4 Å². The highest BCUT2D eigenvalue weighted by molar-refractivity contribution is 6.28. The maximum Gasteiger partial charge on any atom is 0.232 e. The van der Waals surface area contributed by atoms with E-state index in [1.54, 1.807) is 7.05 Å². The summed E-state index contributed by atoms with van der Waals surface area (Å²) in [5, 5.41) is 3.09. The standard InChI is InChI=1S/C18H18ClN5/c1-20-17-21-16(19)22-18(23-17)24(12-14-8-4-2-5-9-14)13-15-10-6-3-7-11-15/h2-11H,12-13H2,1H3,(H,20,21,22,23). The monoisotopic (exact) mass is 339 g/mol. The first-order valence-corrected chi connectivity index (χ1v) is 8.04. The third-order valence-electron chi connectivity index (χ3n) is 3.54. The minimum atomic E-state index is 0.176. The molecule has 3 aromatic rings. The minimum absolute atomic E-state index is 0.176. The van der Waals surface area contributed by atoms with Crippen molar-refractivity contribution < 1.29 is 0 Å². The molecule has 3 rings (SSSR count). The van der Waals surface area contributed by atoms with Crippen molar-refractivity contribution >= 4 is 23.5 Å². The second-order valence-electron chi connectivity index (χ2n) is 5.31. The fourth-order valence-corrected chi connectivity index (χ4v) is 2.55. The Balaban J connectivity index is 1.93. The van der Waals surface area contributed by atoms with E-state index in [9.17, 15) is 0 Å². The Kier molecular flexibility index (Phi) is 5.23. The van der Waals surface area contributed by atoms with Gasteiger partial charge in [0, 0.05) is 20.1 Å². The lowest BCUT2D eigenvalue weighted by Gasteiger charge is -2.23. The summed E-state index contributed by atoms with van der Waals surface area (Å²) in [6, 6.07) is 20.4. The van der Waals surface area contributed by atoms with Crippen LogP contribution < -0.4 is 10.2 Å². The molecular formula is C18H18ClN5. The van der Waals surface area contributed by atoms with Gasteiger partial charge in [-0.1, -0.05) is 60.7 Å². The number of benzene rings is 2. The van der Waals surface area contributed by atoms with Crippen LogP contribution in [0.1, 0.15) is 11.1 Å². The molecule has 0 unspecified atom stereocenters. The zero-order valence-corrected chi connectivity index (χ0v) is 14.1. The molecule has 0 spiro atoms. The van der Waals surface area contributed by atoms with Crippen LogP contribution in [0.5, 0.6) is 0 Å². The van der Waals surface area contributed by atoms with Crippen LogP contribution in [0.2, 0.25) is 5.28 Å². The second kappa shape index (κ2) is 7.75. The minimum Gasteiger partial charge on any atom is -0.357 e. The molecule has 1 N–H and O–H groups in total. The number of nitrogens with zero attached hydrogens (tertiary/aromatic N) is 4. The molecule has 0 radical (unpaired) electrons. The van der Waals surface area contributed by atoms with Crippen molar-refractivity contribution in [3.63, 3.8) is 0 Å². The van der Waals surface area contributed by atoms with Gasteiger partial charge in [0.05, 0.1) is 0 Å². The summed E-state index contributed by atoms with van der Waals surface area (Å²) < 4.78 is 0. The van der Waals surface area contributed by atoms with Gasteiger partial charge in [-0.2, -0.15) is 15.0 Å². The van der Waals surface area contributed by atoms with Crippen molar-refractivity contribution in [2.24, 2.45) is 0 Å². The van der Waals surface area contributed by atoms with Gasteiger partial charge in [0.15, 0.2) is 0 Å². The van der Waals surface area contributed by atoms with Crippen LogP contribution in [0.3, 0.4) is 0 Å². The molecule has 0 atom stereocenters. The number of hydrogen-bond acceptors (Lipinski definition) is 5. The molecule has 0 saturated heterocycles. The van der Waals surface area contributed by atoms with Crippen LogP contribution in [0.4, 0.5) is 11.9 Å². The Bertz CT molecular complexity index is 738. The summed E-state index contributed by atoms with van der Waals surface area (Å²) in [5.74, 6) is 1.00. The molecule has 2 aromatic carbocycles. The molecule has 1 aromatic heterocycles. The van der Waals surface area contributed by atoms with Crippen molar-refractivity contribution in [3.05, 3.63) is 77.1 Å². The van der Waals surface area contributed by atoms with Gasteiger partial charge < -0.3 is 10.2 Å². The van der Waals surface area contributed by atoms with Crippen LogP contribution in [-0.2, 0) is 13.1 Å². The van der Waals surface area contributed by atoms with Crippen LogP contribution in [0.25, 0.3) is 0 Å². The van der Waals surface area contributed by atoms with Crippen LogP contribution in [-0.4, -0.2) is 22.0 Å². The maximum absolute atomic E-state index is 6.05. The molecule has 0 aliphatic carbocycles. The average molecular weight is 340 g/mol. The normalized spacial score (nSPS) is 10.4. The van der Waals surface area contributed by atoms with Crippen molar-refractivity contribution in [1.29, 1.82) is 0 Å². The zero-order chi connectivity index (χ0) is 16.8. The predicted molar refractivity (Wildman–Crippen MR) is 97.2 cm³/mol. The molecular weight excluding hydrogens is 322 g/mol. The van der Waals surface area contributed by atoms with E-state index < -0.39 is 0 Å². The number of hydrogen-bond donors (Lipinski definition) is 1. The van der Waals surface area contributed by atoms with Gasteiger partial charge >= 0.3 is 0 Å². The lowest BCUT2D eigenvalue weighted by molar-refractivity contribution is 0.758. The van der Waals surface area contributed by atoms with Crippen molar-refractivity contribution in [2.75, 3.05) is 17.3 Å². The van der Waals surface area contributed by atoms with Gasteiger partial charge in [-0.15, -0.1) is 0 Å². The fraction of sp³-hybridized carbons (Fsp3) is 0.167. The smallest absolute Gasteiger partial charge is 0.232 e. The highest BCUT2D eigenvalue weighted by atomic mass is 35.5. The summed E-state index contributed by atoms with van der Waals surface area (Å²) in [4.78, 5) is 14.9. The van der Waals surface area contributed by atoms with Crippen molar-refractivity contribution in [2.45, 2.75) is 13.1 Å².